The second-order valence-corrected chi connectivity index (χ2v) is 7.83. The molecule has 1 aliphatic heterocycles. The smallest absolute Gasteiger partial charge is 0.341 e. The lowest BCUT2D eigenvalue weighted by Gasteiger charge is -2.25. The van der Waals surface area contributed by atoms with Gasteiger partial charge in [0.1, 0.15) is 16.9 Å². The van der Waals surface area contributed by atoms with Crippen LogP contribution in [0.2, 0.25) is 5.02 Å². The Labute approximate surface area is 179 Å². The Morgan fingerprint density at radius 2 is 2.00 bits per heavy atom. The summed E-state index contributed by atoms with van der Waals surface area (Å²) in [5.41, 5.74) is 2.77. The topological polar surface area (TPSA) is 90.7 Å². The minimum Gasteiger partial charge on any atom is -0.512 e. The number of hydrogen-bond acceptors (Lipinski definition) is 5. The van der Waals surface area contributed by atoms with E-state index in [1.54, 1.807) is 32.9 Å². The molecule has 0 radical (unpaired) electrons. The number of carbonyl (C=O) groups excluding carboxylic acids is 1. The van der Waals surface area contributed by atoms with Crippen molar-refractivity contribution in [3.8, 4) is 0 Å². The summed E-state index contributed by atoms with van der Waals surface area (Å²) in [7, 11) is 0. The molecule has 0 aliphatic carbocycles. The largest absolute Gasteiger partial charge is 0.512 e. The molecule has 1 atom stereocenters. The Bertz CT molecular complexity index is 1180. The number of fused-ring (bicyclic) bond motifs is 1. The molecule has 1 unspecified atom stereocenters. The Balaban J connectivity index is 2.39. The van der Waals surface area contributed by atoms with Gasteiger partial charge in [0, 0.05) is 25.5 Å². The predicted octanol–water partition coefficient (Wildman–Crippen LogP) is 3.45. The van der Waals surface area contributed by atoms with Gasteiger partial charge in [0.2, 0.25) is 0 Å². The molecule has 30 heavy (non-hydrogen) atoms. The van der Waals surface area contributed by atoms with Crippen molar-refractivity contribution in [2.45, 2.75) is 47.0 Å². The summed E-state index contributed by atoms with van der Waals surface area (Å²) in [5.74, 6) is -0.703. The molecule has 0 saturated heterocycles. The Morgan fingerprint density at radius 3 is 2.63 bits per heavy atom. The number of esters is 1. The van der Waals surface area contributed by atoms with Gasteiger partial charge in [0.05, 0.1) is 34.3 Å². The molecule has 0 spiro atoms. The van der Waals surface area contributed by atoms with Crippen LogP contribution in [-0.4, -0.2) is 23.4 Å². The van der Waals surface area contributed by atoms with E-state index in [2.05, 4.69) is 4.99 Å². The highest BCUT2D eigenvalue weighted by molar-refractivity contribution is 6.35. The summed E-state index contributed by atoms with van der Waals surface area (Å²) < 4.78 is 11.4. The average molecular weight is 431 g/mol. The van der Waals surface area contributed by atoms with Gasteiger partial charge >= 0.3 is 5.97 Å². The second-order valence-electron chi connectivity index (χ2n) is 7.42. The Morgan fingerprint density at radius 1 is 1.30 bits per heavy atom. The number of carbonyl (C=O) groups is 1. The number of nitrogens with one attached hydrogen (secondary N) is 1. The van der Waals surface area contributed by atoms with Crippen LogP contribution in [0.5, 0.6) is 0 Å². The third-order valence-corrected chi connectivity index (χ3v) is 5.41. The zero-order chi connectivity index (χ0) is 22.2. The molecular weight excluding hydrogens is 406 g/mol. The normalized spacial score (nSPS) is 18.5. The van der Waals surface area contributed by atoms with Crippen LogP contribution in [0, 0.1) is 6.92 Å². The monoisotopic (exact) mass is 430 g/mol. The van der Waals surface area contributed by atoms with Crippen molar-refractivity contribution >= 4 is 34.3 Å². The second kappa shape index (κ2) is 8.48. The van der Waals surface area contributed by atoms with Gasteiger partial charge in [0.25, 0.3) is 0 Å². The fourth-order valence-electron chi connectivity index (χ4n) is 3.92. The molecule has 1 aliphatic rings. The van der Waals surface area contributed by atoms with E-state index in [1.165, 1.54) is 6.07 Å². The summed E-state index contributed by atoms with van der Waals surface area (Å²) in [4.78, 5) is 28.8. The number of ether oxygens (including phenoxy) is 1. The maximum Gasteiger partial charge on any atom is 0.341 e. The number of aryl methyl sites for hydroxylation is 1. The van der Waals surface area contributed by atoms with E-state index >= 15 is 0 Å². The third kappa shape index (κ3) is 3.79. The number of hydrogen-bond donors (Lipinski definition) is 2. The van der Waals surface area contributed by atoms with Gasteiger partial charge in [-0.25, -0.2) is 9.79 Å². The molecule has 158 valence electrons. The van der Waals surface area contributed by atoms with Crippen molar-refractivity contribution in [2.75, 3.05) is 6.61 Å². The third-order valence-electron chi connectivity index (χ3n) is 5.10. The molecule has 1 aromatic carbocycles. The minimum atomic E-state index is -0.690. The SMILES string of the molecule is CCCOC(=O)C1=C(C)[NH+]=C(C)C(=C(C)O)C1c1ccc(Cl)c2c(=O)cc(C)oc12. The Kier molecular flexibility index (Phi) is 6.17. The standard InChI is InChI=1S/C23H24ClNO5/c1-6-9-29-23(28)19-13(4)25-12(3)18(14(5)26)20(19)15-7-8-16(24)21-17(27)10-11(2)30-22(15)21/h7-8,10,20,26H,6,9H2,1-5H3/p+1. The van der Waals surface area contributed by atoms with Crippen LogP contribution < -0.4 is 10.4 Å². The van der Waals surface area contributed by atoms with Crippen molar-refractivity contribution < 1.29 is 24.0 Å². The number of aliphatic hydroxyl groups excluding tert-OH is 1. The molecule has 2 heterocycles. The molecule has 6 nitrogen and oxygen atoms in total. The van der Waals surface area contributed by atoms with Gasteiger partial charge < -0.3 is 14.3 Å². The minimum absolute atomic E-state index is 0.0522. The zero-order valence-electron chi connectivity index (χ0n) is 17.7. The highest BCUT2D eigenvalue weighted by Crippen LogP contribution is 2.40. The van der Waals surface area contributed by atoms with Gasteiger partial charge in [0.15, 0.2) is 16.8 Å². The van der Waals surface area contributed by atoms with Crippen LogP contribution in [0.15, 0.2) is 50.0 Å². The number of rotatable bonds is 4. The lowest BCUT2D eigenvalue weighted by atomic mass is 9.78. The maximum atomic E-state index is 13.0. The molecule has 0 fully saturated rings. The van der Waals surface area contributed by atoms with E-state index in [-0.39, 0.29) is 28.2 Å². The first-order valence-electron chi connectivity index (χ1n) is 9.78. The quantitative estimate of drug-likeness (QED) is 0.572. The Hall–Kier alpha value is -2.86. The van der Waals surface area contributed by atoms with Crippen molar-refractivity contribution in [1.82, 2.24) is 0 Å². The highest BCUT2D eigenvalue weighted by Gasteiger charge is 2.40. The number of benzene rings is 1. The van der Waals surface area contributed by atoms with E-state index in [9.17, 15) is 14.7 Å². The molecule has 1 aromatic heterocycles. The number of aliphatic hydroxyl groups is 1. The summed E-state index contributed by atoms with van der Waals surface area (Å²) in [6.07, 6.45) is 0.682. The molecule has 3 rings (SSSR count). The number of halogens is 1. The van der Waals surface area contributed by atoms with Crippen LogP contribution >= 0.6 is 11.6 Å². The molecule has 0 amide bonds. The van der Waals surface area contributed by atoms with E-state index in [0.717, 1.165) is 0 Å². The van der Waals surface area contributed by atoms with E-state index < -0.39 is 11.9 Å². The van der Waals surface area contributed by atoms with Crippen LogP contribution in [-0.2, 0) is 9.53 Å². The van der Waals surface area contributed by atoms with Crippen molar-refractivity contribution in [2.24, 2.45) is 0 Å². The van der Waals surface area contributed by atoms with Gasteiger partial charge in [-0.2, -0.15) is 0 Å². The highest BCUT2D eigenvalue weighted by atomic mass is 35.5. The molecule has 7 heteroatoms. The lowest BCUT2D eigenvalue weighted by molar-refractivity contribution is -0.400. The molecular formula is C23H25ClNO5+. The lowest BCUT2D eigenvalue weighted by Crippen LogP contribution is -2.73. The maximum absolute atomic E-state index is 13.0. The van der Waals surface area contributed by atoms with Crippen LogP contribution in [0.25, 0.3) is 11.0 Å². The van der Waals surface area contributed by atoms with Gasteiger partial charge in [-0.1, -0.05) is 24.6 Å². The van der Waals surface area contributed by atoms with Gasteiger partial charge in [-0.15, -0.1) is 0 Å². The summed E-state index contributed by atoms with van der Waals surface area (Å²) in [5, 5.41) is 11.0. The molecule has 0 bridgehead atoms. The summed E-state index contributed by atoms with van der Waals surface area (Å²) in [6.45, 7) is 9.02. The predicted molar refractivity (Wildman–Crippen MR) is 116 cm³/mol. The van der Waals surface area contributed by atoms with Crippen LogP contribution in [0.1, 0.15) is 51.4 Å². The summed E-state index contributed by atoms with van der Waals surface area (Å²) in [6, 6.07) is 4.71. The fourth-order valence-corrected chi connectivity index (χ4v) is 4.16. The van der Waals surface area contributed by atoms with Crippen LogP contribution in [0.3, 0.4) is 0 Å². The van der Waals surface area contributed by atoms with E-state index in [1.807, 2.05) is 13.8 Å². The average Bonchev–Trinajstić information content (AvgIpc) is 2.64. The first-order chi connectivity index (χ1) is 14.2. The van der Waals surface area contributed by atoms with Crippen molar-refractivity contribution in [3.05, 3.63) is 67.4 Å². The molecule has 2 N–H and O–H groups in total. The van der Waals surface area contributed by atoms with Crippen molar-refractivity contribution in [3.63, 3.8) is 0 Å². The molecule has 0 saturated carbocycles. The molecule has 2 aromatic rings. The van der Waals surface area contributed by atoms with Crippen molar-refractivity contribution in [1.29, 1.82) is 0 Å². The fraction of sp³-hybridized carbons (Fsp3) is 0.348. The first-order valence-corrected chi connectivity index (χ1v) is 10.2. The van der Waals surface area contributed by atoms with Crippen LogP contribution in [0.4, 0.5) is 0 Å². The van der Waals surface area contributed by atoms with E-state index in [0.29, 0.717) is 45.9 Å². The first kappa shape index (κ1) is 21.8. The zero-order valence-corrected chi connectivity index (χ0v) is 18.4. The van der Waals surface area contributed by atoms with Gasteiger partial charge in [-0.3, -0.25) is 4.79 Å². The summed E-state index contributed by atoms with van der Waals surface area (Å²) >= 11 is 6.31. The van der Waals surface area contributed by atoms with Gasteiger partial charge in [-0.05, 0) is 26.3 Å². The van der Waals surface area contributed by atoms with E-state index in [4.69, 9.17) is 20.8 Å². The number of allylic oxidation sites excluding steroid dienone is 3.